The van der Waals surface area contributed by atoms with E-state index < -0.39 is 20.7 Å². The van der Waals surface area contributed by atoms with E-state index in [0.717, 1.165) is 24.8 Å². The molecule has 2 atom stereocenters. The van der Waals surface area contributed by atoms with Gasteiger partial charge in [0.25, 0.3) is 10.0 Å². The van der Waals surface area contributed by atoms with Gasteiger partial charge in [-0.25, -0.2) is 12.8 Å². The predicted molar refractivity (Wildman–Crippen MR) is 112 cm³/mol. The summed E-state index contributed by atoms with van der Waals surface area (Å²) in [5.41, 5.74) is 1.14. The van der Waals surface area contributed by atoms with Crippen molar-refractivity contribution in [3.05, 3.63) is 46.7 Å². The molecule has 3 rings (SSSR count). The number of nitrogens with zero attached hydrogens (tertiary/aromatic N) is 1. The van der Waals surface area contributed by atoms with Gasteiger partial charge >= 0.3 is 0 Å². The summed E-state index contributed by atoms with van der Waals surface area (Å²) in [6.45, 7) is 5.80. The molecule has 9 heteroatoms. The fourth-order valence-corrected chi connectivity index (χ4v) is 4.86. The lowest BCUT2D eigenvalue weighted by Crippen LogP contribution is -2.54. The summed E-state index contributed by atoms with van der Waals surface area (Å²) in [4.78, 5) is 1.76. The van der Waals surface area contributed by atoms with Gasteiger partial charge in [0.05, 0.1) is 12.8 Å². The standard InChI is InChI=1S/C19H23BrFN3O3S/c1-12-10-24(11-13(2)22-12)15-5-6-18(27-3)17(9-15)23-28(25,26)19-7-4-14(20)8-16(19)21/h4-9,12-13,22-23H,10-11H2,1-3H3. The molecule has 0 amide bonds. The Morgan fingerprint density at radius 1 is 1.18 bits per heavy atom. The second-order valence-electron chi connectivity index (χ2n) is 6.94. The Labute approximate surface area is 173 Å². The highest BCUT2D eigenvalue weighted by Crippen LogP contribution is 2.33. The van der Waals surface area contributed by atoms with E-state index in [1.807, 2.05) is 6.07 Å². The zero-order chi connectivity index (χ0) is 20.5. The Hall–Kier alpha value is -1.84. The average molecular weight is 472 g/mol. The normalized spacial score (nSPS) is 20.1. The minimum Gasteiger partial charge on any atom is -0.495 e. The molecule has 1 saturated heterocycles. The van der Waals surface area contributed by atoms with Gasteiger partial charge in [-0.2, -0.15) is 0 Å². The summed E-state index contributed by atoms with van der Waals surface area (Å²) in [6, 6.07) is 9.76. The zero-order valence-corrected chi connectivity index (χ0v) is 18.3. The van der Waals surface area contributed by atoms with Gasteiger partial charge in [0.1, 0.15) is 16.5 Å². The lowest BCUT2D eigenvalue weighted by molar-refractivity contribution is 0.406. The van der Waals surface area contributed by atoms with Crippen LogP contribution in [0.5, 0.6) is 5.75 Å². The number of anilines is 2. The third-order valence-electron chi connectivity index (χ3n) is 4.53. The first-order chi connectivity index (χ1) is 13.2. The fourth-order valence-electron chi connectivity index (χ4n) is 3.40. The van der Waals surface area contributed by atoms with Crippen LogP contribution in [0.3, 0.4) is 0 Å². The molecule has 1 aliphatic rings. The van der Waals surface area contributed by atoms with Gasteiger partial charge in [-0.1, -0.05) is 15.9 Å². The SMILES string of the molecule is COc1ccc(N2CC(C)NC(C)C2)cc1NS(=O)(=O)c1ccc(Br)cc1F. The molecule has 152 valence electrons. The Morgan fingerprint density at radius 3 is 2.46 bits per heavy atom. The number of methoxy groups -OCH3 is 1. The van der Waals surface area contributed by atoms with Crippen molar-refractivity contribution < 1.29 is 17.5 Å². The van der Waals surface area contributed by atoms with Crippen molar-refractivity contribution >= 4 is 37.3 Å². The summed E-state index contributed by atoms with van der Waals surface area (Å²) in [5, 5.41) is 3.46. The molecule has 1 aliphatic heterocycles. The summed E-state index contributed by atoms with van der Waals surface area (Å²) in [5.74, 6) is -0.470. The monoisotopic (exact) mass is 471 g/mol. The van der Waals surface area contributed by atoms with E-state index in [2.05, 4.69) is 44.7 Å². The second-order valence-corrected chi connectivity index (χ2v) is 9.51. The van der Waals surface area contributed by atoms with Crippen LogP contribution in [0.15, 0.2) is 45.8 Å². The van der Waals surface area contributed by atoms with Crippen LogP contribution in [-0.4, -0.2) is 40.7 Å². The Morgan fingerprint density at radius 2 is 1.86 bits per heavy atom. The van der Waals surface area contributed by atoms with Gasteiger partial charge in [-0.3, -0.25) is 4.72 Å². The zero-order valence-electron chi connectivity index (χ0n) is 15.9. The van der Waals surface area contributed by atoms with Crippen molar-refractivity contribution in [3.8, 4) is 5.75 Å². The molecule has 0 bridgehead atoms. The van der Waals surface area contributed by atoms with E-state index in [4.69, 9.17) is 4.74 Å². The number of nitrogens with one attached hydrogen (secondary N) is 2. The molecule has 28 heavy (non-hydrogen) atoms. The van der Waals surface area contributed by atoms with E-state index >= 15 is 0 Å². The van der Waals surface area contributed by atoms with Crippen molar-refractivity contribution in [1.82, 2.24) is 5.32 Å². The Bertz CT molecular complexity index is 961. The van der Waals surface area contributed by atoms with Crippen LogP contribution in [0, 0.1) is 5.82 Å². The highest BCUT2D eigenvalue weighted by Gasteiger charge is 2.24. The highest BCUT2D eigenvalue weighted by molar-refractivity contribution is 9.10. The van der Waals surface area contributed by atoms with Crippen LogP contribution < -0.4 is 19.7 Å². The predicted octanol–water partition coefficient (Wildman–Crippen LogP) is 3.58. The summed E-state index contributed by atoms with van der Waals surface area (Å²) in [6.07, 6.45) is 0. The van der Waals surface area contributed by atoms with Crippen molar-refractivity contribution in [2.24, 2.45) is 0 Å². The maximum atomic E-state index is 14.2. The first-order valence-corrected chi connectivity index (χ1v) is 11.1. The largest absolute Gasteiger partial charge is 0.495 e. The number of hydrogen-bond acceptors (Lipinski definition) is 5. The minimum absolute atomic E-state index is 0.265. The van der Waals surface area contributed by atoms with E-state index in [9.17, 15) is 12.8 Å². The van der Waals surface area contributed by atoms with Gasteiger partial charge in [0.15, 0.2) is 0 Å². The lowest BCUT2D eigenvalue weighted by atomic mass is 10.1. The molecule has 2 unspecified atom stereocenters. The van der Waals surface area contributed by atoms with Crippen LogP contribution in [0.25, 0.3) is 0 Å². The molecule has 2 aromatic carbocycles. The van der Waals surface area contributed by atoms with Crippen LogP contribution >= 0.6 is 15.9 Å². The number of hydrogen-bond donors (Lipinski definition) is 2. The first kappa shape index (κ1) is 20.9. The molecule has 2 N–H and O–H groups in total. The molecule has 0 aliphatic carbocycles. The topological polar surface area (TPSA) is 70.7 Å². The molecule has 0 spiro atoms. The first-order valence-electron chi connectivity index (χ1n) is 8.86. The summed E-state index contributed by atoms with van der Waals surface area (Å²) in [7, 11) is -2.66. The van der Waals surface area contributed by atoms with Gasteiger partial charge in [-0.05, 0) is 50.2 Å². The number of piperazine rings is 1. The molecule has 0 radical (unpaired) electrons. The van der Waals surface area contributed by atoms with Crippen molar-refractivity contribution in [3.63, 3.8) is 0 Å². The van der Waals surface area contributed by atoms with Gasteiger partial charge in [-0.15, -0.1) is 0 Å². The Balaban J connectivity index is 1.94. The van der Waals surface area contributed by atoms with Crippen molar-refractivity contribution in [2.45, 2.75) is 30.8 Å². The Kier molecular flexibility index (Phi) is 6.16. The van der Waals surface area contributed by atoms with Crippen molar-refractivity contribution in [2.75, 3.05) is 29.8 Å². The fraction of sp³-hybridized carbons (Fsp3) is 0.368. The van der Waals surface area contributed by atoms with Crippen LogP contribution in [0.2, 0.25) is 0 Å². The number of benzene rings is 2. The number of ether oxygens (including phenoxy) is 1. The summed E-state index contributed by atoms with van der Waals surface area (Å²) >= 11 is 3.13. The third-order valence-corrected chi connectivity index (χ3v) is 6.43. The molecule has 1 fully saturated rings. The lowest BCUT2D eigenvalue weighted by Gasteiger charge is -2.38. The minimum atomic E-state index is -4.12. The van der Waals surface area contributed by atoms with Crippen LogP contribution in [0.1, 0.15) is 13.8 Å². The van der Waals surface area contributed by atoms with E-state index in [-0.39, 0.29) is 5.69 Å². The quantitative estimate of drug-likeness (QED) is 0.697. The van der Waals surface area contributed by atoms with E-state index in [1.165, 1.54) is 19.2 Å². The number of halogens is 2. The third kappa shape index (κ3) is 4.59. The number of sulfonamides is 1. The van der Waals surface area contributed by atoms with E-state index in [1.54, 1.807) is 12.1 Å². The maximum Gasteiger partial charge on any atom is 0.264 e. The van der Waals surface area contributed by atoms with Gasteiger partial charge in [0.2, 0.25) is 0 Å². The molecule has 0 aromatic heterocycles. The molecule has 1 heterocycles. The molecule has 0 saturated carbocycles. The highest BCUT2D eigenvalue weighted by atomic mass is 79.9. The van der Waals surface area contributed by atoms with Crippen LogP contribution in [0.4, 0.5) is 15.8 Å². The van der Waals surface area contributed by atoms with Gasteiger partial charge < -0.3 is 15.0 Å². The maximum absolute atomic E-state index is 14.2. The van der Waals surface area contributed by atoms with Gasteiger partial charge in [0, 0.05) is 35.3 Å². The second kappa shape index (κ2) is 8.26. The molecular weight excluding hydrogens is 449 g/mol. The molecular formula is C19H23BrFN3O3S. The average Bonchev–Trinajstić information content (AvgIpc) is 2.60. The summed E-state index contributed by atoms with van der Waals surface area (Å²) < 4.78 is 47.9. The van der Waals surface area contributed by atoms with Crippen molar-refractivity contribution in [1.29, 1.82) is 0 Å². The molecule has 6 nitrogen and oxygen atoms in total. The molecule has 2 aromatic rings. The number of rotatable bonds is 5. The smallest absolute Gasteiger partial charge is 0.264 e. The van der Waals surface area contributed by atoms with Crippen LogP contribution in [-0.2, 0) is 10.0 Å². The van der Waals surface area contributed by atoms with E-state index in [0.29, 0.717) is 22.3 Å².